The Morgan fingerprint density at radius 3 is 2.86 bits per heavy atom. The third-order valence-electron chi connectivity index (χ3n) is 3.59. The second-order valence-electron chi connectivity index (χ2n) is 5.33. The van der Waals surface area contributed by atoms with E-state index in [0.717, 1.165) is 17.9 Å². The van der Waals surface area contributed by atoms with Gasteiger partial charge in [0.25, 0.3) is 5.91 Å². The van der Waals surface area contributed by atoms with Crippen LogP contribution in [0.5, 0.6) is 5.75 Å². The van der Waals surface area contributed by atoms with Crippen LogP contribution in [0, 0.1) is 13.8 Å². The summed E-state index contributed by atoms with van der Waals surface area (Å²) in [5.74, 6) is 0.598. The van der Waals surface area contributed by atoms with E-state index in [1.807, 2.05) is 18.2 Å². The minimum Gasteiger partial charge on any atom is -0.482 e. The summed E-state index contributed by atoms with van der Waals surface area (Å²) >= 11 is 0. The molecule has 2 aromatic carbocycles. The van der Waals surface area contributed by atoms with E-state index in [9.17, 15) is 4.79 Å². The number of anilines is 2. The minimum absolute atomic E-state index is 0.0857. The zero-order chi connectivity index (χ0) is 14.8. The van der Waals surface area contributed by atoms with E-state index in [0.29, 0.717) is 5.75 Å². The average Bonchev–Trinajstić information content (AvgIpc) is 2.46. The highest BCUT2D eigenvalue weighted by atomic mass is 16.5. The summed E-state index contributed by atoms with van der Waals surface area (Å²) in [7, 11) is 0. The van der Waals surface area contributed by atoms with Crippen LogP contribution in [0.15, 0.2) is 36.4 Å². The number of carbonyl (C=O) groups excluding carboxylic acids is 1. The van der Waals surface area contributed by atoms with E-state index >= 15 is 0 Å². The van der Waals surface area contributed by atoms with Crippen molar-refractivity contribution in [1.29, 1.82) is 0 Å². The Hall–Kier alpha value is -2.49. The van der Waals surface area contributed by atoms with Crippen molar-refractivity contribution >= 4 is 17.3 Å². The fourth-order valence-electron chi connectivity index (χ4n) is 2.43. The van der Waals surface area contributed by atoms with Crippen molar-refractivity contribution in [2.75, 3.05) is 17.2 Å². The number of benzene rings is 2. The molecule has 0 fully saturated rings. The number of fused-ring (bicyclic) bond motifs is 1. The summed E-state index contributed by atoms with van der Waals surface area (Å²) in [6.45, 7) is 5.04. The standard InChI is InChI=1S/C17H18N2O2/c1-11-3-4-13(12(2)7-11)9-18-14-5-6-16-15(8-14)19-17(20)10-21-16/h3-8,18H,9-10H2,1-2H3,(H,19,20). The molecule has 1 aliphatic heterocycles. The first kappa shape index (κ1) is 13.5. The van der Waals surface area contributed by atoms with Crippen LogP contribution in [0.1, 0.15) is 16.7 Å². The van der Waals surface area contributed by atoms with Crippen molar-refractivity contribution < 1.29 is 9.53 Å². The Kier molecular flexibility index (Phi) is 3.52. The first-order valence-electron chi connectivity index (χ1n) is 6.98. The molecule has 0 spiro atoms. The molecule has 1 amide bonds. The Balaban J connectivity index is 1.73. The summed E-state index contributed by atoms with van der Waals surface area (Å²) in [4.78, 5) is 11.3. The van der Waals surface area contributed by atoms with Gasteiger partial charge in [0, 0.05) is 12.2 Å². The minimum atomic E-state index is -0.117. The molecule has 3 rings (SSSR count). The highest BCUT2D eigenvalue weighted by Crippen LogP contribution is 2.30. The predicted octanol–water partition coefficient (Wildman–Crippen LogP) is 3.25. The van der Waals surface area contributed by atoms with Crippen LogP contribution < -0.4 is 15.4 Å². The van der Waals surface area contributed by atoms with Crippen LogP contribution in [0.3, 0.4) is 0 Å². The molecule has 0 unspecified atom stereocenters. The summed E-state index contributed by atoms with van der Waals surface area (Å²) < 4.78 is 5.35. The molecule has 1 aliphatic rings. The average molecular weight is 282 g/mol. The first-order valence-corrected chi connectivity index (χ1v) is 6.98. The number of ether oxygens (including phenoxy) is 1. The van der Waals surface area contributed by atoms with E-state index in [-0.39, 0.29) is 12.5 Å². The number of aryl methyl sites for hydroxylation is 2. The number of carbonyl (C=O) groups is 1. The van der Waals surface area contributed by atoms with Gasteiger partial charge in [0.1, 0.15) is 5.75 Å². The second kappa shape index (κ2) is 5.48. The van der Waals surface area contributed by atoms with Crippen LogP contribution in [-0.4, -0.2) is 12.5 Å². The van der Waals surface area contributed by atoms with Crippen LogP contribution in [0.4, 0.5) is 11.4 Å². The predicted molar refractivity (Wildman–Crippen MR) is 83.8 cm³/mol. The Bertz CT molecular complexity index is 695. The molecule has 0 aliphatic carbocycles. The maximum absolute atomic E-state index is 11.3. The van der Waals surface area contributed by atoms with E-state index in [2.05, 4.69) is 42.7 Å². The van der Waals surface area contributed by atoms with Crippen molar-refractivity contribution in [2.24, 2.45) is 0 Å². The van der Waals surface area contributed by atoms with Gasteiger partial charge in [0.2, 0.25) is 0 Å². The van der Waals surface area contributed by atoms with Gasteiger partial charge < -0.3 is 15.4 Å². The molecule has 1 heterocycles. The molecule has 0 saturated carbocycles. The summed E-state index contributed by atoms with van der Waals surface area (Å²) in [6.07, 6.45) is 0. The number of nitrogens with one attached hydrogen (secondary N) is 2. The quantitative estimate of drug-likeness (QED) is 0.908. The molecule has 21 heavy (non-hydrogen) atoms. The molecule has 0 aromatic heterocycles. The monoisotopic (exact) mass is 282 g/mol. The molecule has 0 radical (unpaired) electrons. The van der Waals surface area contributed by atoms with Gasteiger partial charge in [-0.1, -0.05) is 23.8 Å². The number of rotatable bonds is 3. The third-order valence-corrected chi connectivity index (χ3v) is 3.59. The SMILES string of the molecule is Cc1ccc(CNc2ccc3c(c2)NC(=O)CO3)c(C)c1. The van der Waals surface area contributed by atoms with Crippen molar-refractivity contribution in [2.45, 2.75) is 20.4 Å². The van der Waals surface area contributed by atoms with Gasteiger partial charge in [-0.15, -0.1) is 0 Å². The molecule has 4 heteroatoms. The Morgan fingerprint density at radius 2 is 2.05 bits per heavy atom. The van der Waals surface area contributed by atoms with Crippen LogP contribution in [-0.2, 0) is 11.3 Å². The van der Waals surface area contributed by atoms with Crippen molar-refractivity contribution in [3.8, 4) is 5.75 Å². The van der Waals surface area contributed by atoms with Crippen LogP contribution in [0.2, 0.25) is 0 Å². The zero-order valence-corrected chi connectivity index (χ0v) is 12.2. The van der Waals surface area contributed by atoms with Gasteiger partial charge in [0.05, 0.1) is 5.69 Å². The molecule has 108 valence electrons. The van der Waals surface area contributed by atoms with Gasteiger partial charge in [-0.3, -0.25) is 4.79 Å². The maximum atomic E-state index is 11.3. The van der Waals surface area contributed by atoms with E-state index in [4.69, 9.17) is 4.74 Å². The smallest absolute Gasteiger partial charge is 0.262 e. The summed E-state index contributed by atoms with van der Waals surface area (Å²) in [5.41, 5.74) is 5.48. The Morgan fingerprint density at radius 1 is 1.19 bits per heavy atom. The van der Waals surface area contributed by atoms with E-state index in [1.54, 1.807) is 0 Å². The zero-order valence-electron chi connectivity index (χ0n) is 12.2. The molecular weight excluding hydrogens is 264 g/mol. The first-order chi connectivity index (χ1) is 10.1. The third kappa shape index (κ3) is 2.99. The van der Waals surface area contributed by atoms with Crippen molar-refractivity contribution in [3.63, 3.8) is 0 Å². The summed E-state index contributed by atoms with van der Waals surface area (Å²) in [6, 6.07) is 12.2. The molecule has 4 nitrogen and oxygen atoms in total. The fraction of sp³-hybridized carbons (Fsp3) is 0.235. The lowest BCUT2D eigenvalue weighted by molar-refractivity contribution is -0.118. The molecule has 0 bridgehead atoms. The number of hydrogen-bond donors (Lipinski definition) is 2. The maximum Gasteiger partial charge on any atom is 0.262 e. The molecule has 0 saturated heterocycles. The van der Waals surface area contributed by atoms with Gasteiger partial charge in [0.15, 0.2) is 6.61 Å². The van der Waals surface area contributed by atoms with Crippen LogP contribution in [0.25, 0.3) is 0 Å². The van der Waals surface area contributed by atoms with E-state index in [1.165, 1.54) is 16.7 Å². The normalized spacial score (nSPS) is 13.1. The summed E-state index contributed by atoms with van der Waals surface area (Å²) in [5, 5.41) is 6.19. The fourth-order valence-corrected chi connectivity index (χ4v) is 2.43. The topological polar surface area (TPSA) is 50.4 Å². The molecule has 2 N–H and O–H groups in total. The van der Waals surface area contributed by atoms with E-state index < -0.39 is 0 Å². The van der Waals surface area contributed by atoms with Gasteiger partial charge in [-0.25, -0.2) is 0 Å². The largest absolute Gasteiger partial charge is 0.482 e. The van der Waals surface area contributed by atoms with Crippen LogP contribution >= 0.6 is 0 Å². The van der Waals surface area contributed by atoms with Crippen molar-refractivity contribution in [3.05, 3.63) is 53.1 Å². The van der Waals surface area contributed by atoms with Gasteiger partial charge >= 0.3 is 0 Å². The molecule has 2 aromatic rings. The lowest BCUT2D eigenvalue weighted by Gasteiger charge is -2.19. The Labute approximate surface area is 124 Å². The van der Waals surface area contributed by atoms with Crippen molar-refractivity contribution in [1.82, 2.24) is 0 Å². The number of hydrogen-bond acceptors (Lipinski definition) is 3. The highest BCUT2D eigenvalue weighted by Gasteiger charge is 2.15. The second-order valence-corrected chi connectivity index (χ2v) is 5.33. The number of amides is 1. The lowest BCUT2D eigenvalue weighted by Crippen LogP contribution is -2.25. The van der Waals surface area contributed by atoms with Gasteiger partial charge in [-0.05, 0) is 43.2 Å². The molecule has 0 atom stereocenters. The highest BCUT2D eigenvalue weighted by molar-refractivity contribution is 5.96. The van der Waals surface area contributed by atoms with Gasteiger partial charge in [-0.2, -0.15) is 0 Å². The lowest BCUT2D eigenvalue weighted by atomic mass is 10.1. The molecular formula is C17H18N2O2.